The molecule has 1 atom stereocenters. The second-order valence-electron chi connectivity index (χ2n) is 5.23. The second-order valence-corrected chi connectivity index (χ2v) is 5.23. The summed E-state index contributed by atoms with van der Waals surface area (Å²) in [6.07, 6.45) is 3.37. The van der Waals surface area contributed by atoms with Gasteiger partial charge < -0.3 is 5.32 Å². The van der Waals surface area contributed by atoms with Gasteiger partial charge >= 0.3 is 0 Å². The third-order valence-corrected chi connectivity index (χ3v) is 3.78. The molecule has 2 aromatic carbocycles. The Morgan fingerprint density at radius 3 is 2.35 bits per heavy atom. The molecule has 0 aliphatic heterocycles. The molecule has 1 heteroatoms. The van der Waals surface area contributed by atoms with Gasteiger partial charge in [-0.15, -0.1) is 0 Å². The van der Waals surface area contributed by atoms with Gasteiger partial charge in [0.1, 0.15) is 0 Å². The molecular weight excluding hydrogens is 242 g/mol. The summed E-state index contributed by atoms with van der Waals surface area (Å²) in [5.74, 6) is 0. The van der Waals surface area contributed by atoms with Crippen molar-refractivity contribution in [2.24, 2.45) is 0 Å². The van der Waals surface area contributed by atoms with E-state index in [1.807, 2.05) is 0 Å². The summed E-state index contributed by atoms with van der Waals surface area (Å²) >= 11 is 0. The van der Waals surface area contributed by atoms with Crippen molar-refractivity contribution in [2.75, 3.05) is 6.54 Å². The molecule has 20 heavy (non-hydrogen) atoms. The highest BCUT2D eigenvalue weighted by molar-refractivity contribution is 5.26. The molecule has 1 unspecified atom stereocenters. The molecular formula is C19H25N. The topological polar surface area (TPSA) is 12.0 Å². The molecule has 1 N–H and O–H groups in total. The van der Waals surface area contributed by atoms with Crippen LogP contribution < -0.4 is 5.32 Å². The third kappa shape index (κ3) is 4.21. The van der Waals surface area contributed by atoms with Crippen molar-refractivity contribution < 1.29 is 0 Å². The molecule has 0 radical (unpaired) electrons. The maximum absolute atomic E-state index is 3.62. The monoisotopic (exact) mass is 267 g/mol. The maximum Gasteiger partial charge on any atom is 0.0323 e. The lowest BCUT2D eigenvalue weighted by Gasteiger charge is -2.19. The summed E-state index contributed by atoms with van der Waals surface area (Å²) in [4.78, 5) is 0. The van der Waals surface area contributed by atoms with Crippen molar-refractivity contribution in [3.05, 3.63) is 71.3 Å². The van der Waals surface area contributed by atoms with E-state index in [0.717, 1.165) is 25.8 Å². The minimum absolute atomic E-state index is 0.451. The highest BCUT2D eigenvalue weighted by Gasteiger charge is 2.10. The summed E-state index contributed by atoms with van der Waals surface area (Å²) < 4.78 is 0. The molecule has 0 amide bonds. The molecule has 0 aliphatic rings. The number of hydrogen-bond donors (Lipinski definition) is 1. The van der Waals surface area contributed by atoms with Crippen LogP contribution in [0.3, 0.4) is 0 Å². The Morgan fingerprint density at radius 2 is 1.65 bits per heavy atom. The van der Waals surface area contributed by atoms with Crippen molar-refractivity contribution in [2.45, 2.75) is 39.2 Å². The largest absolute Gasteiger partial charge is 0.310 e. The first-order chi connectivity index (χ1) is 9.83. The van der Waals surface area contributed by atoms with Gasteiger partial charge in [-0.3, -0.25) is 0 Å². The summed E-state index contributed by atoms with van der Waals surface area (Å²) in [6.45, 7) is 5.40. The average molecular weight is 267 g/mol. The molecule has 0 spiro atoms. The summed E-state index contributed by atoms with van der Waals surface area (Å²) in [6, 6.07) is 20.2. The van der Waals surface area contributed by atoms with E-state index in [2.05, 4.69) is 73.8 Å². The van der Waals surface area contributed by atoms with Crippen LogP contribution in [0.25, 0.3) is 0 Å². The number of benzene rings is 2. The number of rotatable bonds is 7. The molecule has 1 nitrogen and oxygen atoms in total. The SMILES string of the molecule is CCNC(CCc1ccccc1)c1cccc(CC)c1. The van der Waals surface area contributed by atoms with Crippen LogP contribution in [0.4, 0.5) is 0 Å². The van der Waals surface area contributed by atoms with Gasteiger partial charge in [-0.05, 0) is 42.5 Å². The van der Waals surface area contributed by atoms with E-state index in [9.17, 15) is 0 Å². The fourth-order valence-corrected chi connectivity index (χ4v) is 2.62. The van der Waals surface area contributed by atoms with Gasteiger partial charge in [0, 0.05) is 6.04 Å². The lowest BCUT2D eigenvalue weighted by Crippen LogP contribution is -2.21. The maximum atomic E-state index is 3.62. The van der Waals surface area contributed by atoms with Crippen molar-refractivity contribution in [1.29, 1.82) is 0 Å². The van der Waals surface area contributed by atoms with E-state index >= 15 is 0 Å². The van der Waals surface area contributed by atoms with Crippen LogP contribution in [-0.2, 0) is 12.8 Å². The highest BCUT2D eigenvalue weighted by Crippen LogP contribution is 2.20. The molecule has 0 aromatic heterocycles. The van der Waals surface area contributed by atoms with Gasteiger partial charge in [0.15, 0.2) is 0 Å². The Labute approximate surface area is 123 Å². The number of nitrogens with one attached hydrogen (secondary N) is 1. The van der Waals surface area contributed by atoms with Crippen molar-refractivity contribution in [3.8, 4) is 0 Å². The summed E-state index contributed by atoms with van der Waals surface area (Å²) in [7, 11) is 0. The Hall–Kier alpha value is -1.60. The molecule has 0 bridgehead atoms. The van der Waals surface area contributed by atoms with Crippen LogP contribution in [0.5, 0.6) is 0 Å². The second kappa shape index (κ2) is 7.86. The lowest BCUT2D eigenvalue weighted by atomic mass is 9.97. The van der Waals surface area contributed by atoms with Crippen molar-refractivity contribution >= 4 is 0 Å². The van der Waals surface area contributed by atoms with Crippen LogP contribution in [0.15, 0.2) is 54.6 Å². The minimum atomic E-state index is 0.451. The predicted molar refractivity (Wildman–Crippen MR) is 87.0 cm³/mol. The molecule has 0 saturated heterocycles. The quantitative estimate of drug-likeness (QED) is 0.777. The summed E-state index contributed by atoms with van der Waals surface area (Å²) in [5, 5.41) is 3.62. The molecule has 2 aromatic rings. The zero-order valence-electron chi connectivity index (χ0n) is 12.6. The van der Waals surface area contributed by atoms with E-state index in [-0.39, 0.29) is 0 Å². The third-order valence-electron chi connectivity index (χ3n) is 3.78. The molecule has 0 aliphatic carbocycles. The fourth-order valence-electron chi connectivity index (χ4n) is 2.62. The van der Waals surface area contributed by atoms with Gasteiger partial charge in [0.05, 0.1) is 0 Å². The molecule has 0 fully saturated rings. The van der Waals surface area contributed by atoms with Gasteiger partial charge in [-0.2, -0.15) is 0 Å². The first kappa shape index (κ1) is 14.8. The van der Waals surface area contributed by atoms with E-state index in [4.69, 9.17) is 0 Å². The van der Waals surface area contributed by atoms with Gasteiger partial charge in [-0.1, -0.05) is 68.4 Å². The first-order valence-corrected chi connectivity index (χ1v) is 7.69. The standard InChI is InChI=1S/C19H25N/c1-3-16-11-8-12-18(15-16)19(20-4-2)14-13-17-9-6-5-7-10-17/h5-12,15,19-20H,3-4,13-14H2,1-2H3. The number of hydrogen-bond acceptors (Lipinski definition) is 1. The minimum Gasteiger partial charge on any atom is -0.310 e. The average Bonchev–Trinajstić information content (AvgIpc) is 2.52. The first-order valence-electron chi connectivity index (χ1n) is 7.69. The number of aryl methyl sites for hydroxylation is 2. The lowest BCUT2D eigenvalue weighted by molar-refractivity contribution is 0.515. The molecule has 106 valence electrons. The normalized spacial score (nSPS) is 12.3. The molecule has 0 heterocycles. The van der Waals surface area contributed by atoms with Crippen LogP contribution in [0, 0.1) is 0 Å². The zero-order chi connectivity index (χ0) is 14.2. The van der Waals surface area contributed by atoms with Crippen LogP contribution in [0.1, 0.15) is 43.0 Å². The molecule has 0 saturated carbocycles. The Morgan fingerprint density at radius 1 is 0.900 bits per heavy atom. The Bertz CT molecular complexity index is 504. The van der Waals surface area contributed by atoms with Gasteiger partial charge in [0.25, 0.3) is 0 Å². The summed E-state index contributed by atoms with van der Waals surface area (Å²) in [5.41, 5.74) is 4.26. The van der Waals surface area contributed by atoms with Gasteiger partial charge in [-0.25, -0.2) is 0 Å². The predicted octanol–water partition coefficient (Wildman–Crippen LogP) is 4.53. The Kier molecular flexibility index (Phi) is 5.82. The Balaban J connectivity index is 2.06. The van der Waals surface area contributed by atoms with Crippen LogP contribution in [-0.4, -0.2) is 6.54 Å². The van der Waals surface area contributed by atoms with Crippen molar-refractivity contribution in [1.82, 2.24) is 5.32 Å². The van der Waals surface area contributed by atoms with Crippen LogP contribution in [0.2, 0.25) is 0 Å². The highest BCUT2D eigenvalue weighted by atomic mass is 14.9. The van der Waals surface area contributed by atoms with E-state index in [1.165, 1.54) is 16.7 Å². The smallest absolute Gasteiger partial charge is 0.0323 e. The van der Waals surface area contributed by atoms with Gasteiger partial charge in [0.2, 0.25) is 0 Å². The molecule has 2 rings (SSSR count). The van der Waals surface area contributed by atoms with Crippen molar-refractivity contribution in [3.63, 3.8) is 0 Å². The van der Waals surface area contributed by atoms with Crippen LogP contribution >= 0.6 is 0 Å². The fraction of sp³-hybridized carbons (Fsp3) is 0.368. The van der Waals surface area contributed by atoms with E-state index in [0.29, 0.717) is 6.04 Å². The zero-order valence-corrected chi connectivity index (χ0v) is 12.6. The van der Waals surface area contributed by atoms with E-state index < -0.39 is 0 Å². The van der Waals surface area contributed by atoms with E-state index in [1.54, 1.807) is 0 Å².